The molecule has 3 aromatic rings. The second-order valence-electron chi connectivity index (χ2n) is 8.53. The normalized spacial score (nSPS) is 11.4. The lowest BCUT2D eigenvalue weighted by molar-refractivity contribution is 0.0498. The Balaban J connectivity index is 1.35. The van der Waals surface area contributed by atoms with Gasteiger partial charge >= 0.3 is 5.97 Å². The second-order valence-corrected chi connectivity index (χ2v) is 8.53. The van der Waals surface area contributed by atoms with Gasteiger partial charge in [-0.3, -0.25) is 0 Å². The SMILES string of the molecule is CN(C)CCCCCCCCCCOC(=O)c1ccc2cc3ccccc3cc2c1. The van der Waals surface area contributed by atoms with E-state index in [2.05, 4.69) is 43.3 Å². The third-order valence-corrected chi connectivity index (χ3v) is 5.67. The largest absolute Gasteiger partial charge is 0.462 e. The van der Waals surface area contributed by atoms with Crippen molar-refractivity contribution in [1.82, 2.24) is 4.90 Å². The van der Waals surface area contributed by atoms with Gasteiger partial charge in [0.05, 0.1) is 12.2 Å². The molecule has 0 fully saturated rings. The number of benzene rings is 3. The maximum atomic E-state index is 12.4. The van der Waals surface area contributed by atoms with Crippen molar-refractivity contribution in [3.8, 4) is 0 Å². The molecule has 0 radical (unpaired) electrons. The standard InChI is InChI=1S/C27H35NO2/c1-28(2)17-11-7-5-3-4-6-8-12-18-30-27(29)25-16-15-24-19-22-13-9-10-14-23(22)20-26(24)21-25/h9-10,13-16,19-21H,3-8,11-12,17-18H2,1-2H3. The summed E-state index contributed by atoms with van der Waals surface area (Å²) >= 11 is 0. The van der Waals surface area contributed by atoms with E-state index in [9.17, 15) is 4.79 Å². The first kappa shape index (κ1) is 22.3. The van der Waals surface area contributed by atoms with Gasteiger partial charge in [-0.15, -0.1) is 0 Å². The maximum absolute atomic E-state index is 12.4. The minimum atomic E-state index is -0.217. The number of fused-ring (bicyclic) bond motifs is 2. The summed E-state index contributed by atoms with van der Waals surface area (Å²) in [5.74, 6) is -0.217. The van der Waals surface area contributed by atoms with Gasteiger partial charge in [-0.05, 0) is 79.3 Å². The van der Waals surface area contributed by atoms with Gasteiger partial charge in [-0.25, -0.2) is 4.79 Å². The Morgan fingerprint density at radius 2 is 1.27 bits per heavy atom. The molecule has 0 bridgehead atoms. The van der Waals surface area contributed by atoms with E-state index >= 15 is 0 Å². The van der Waals surface area contributed by atoms with Crippen LogP contribution in [-0.2, 0) is 4.74 Å². The Morgan fingerprint density at radius 3 is 1.93 bits per heavy atom. The zero-order valence-corrected chi connectivity index (χ0v) is 18.5. The topological polar surface area (TPSA) is 29.5 Å². The summed E-state index contributed by atoms with van der Waals surface area (Å²) in [6.45, 7) is 1.70. The lowest BCUT2D eigenvalue weighted by Gasteiger charge is -2.08. The summed E-state index contributed by atoms with van der Waals surface area (Å²) in [7, 11) is 4.27. The van der Waals surface area contributed by atoms with Gasteiger partial charge in [0.2, 0.25) is 0 Å². The fourth-order valence-corrected chi connectivity index (χ4v) is 3.91. The molecule has 3 aromatic carbocycles. The summed E-state index contributed by atoms with van der Waals surface area (Å²) < 4.78 is 5.50. The molecule has 0 aliphatic heterocycles. The van der Waals surface area contributed by atoms with Crippen molar-refractivity contribution < 1.29 is 9.53 Å². The van der Waals surface area contributed by atoms with E-state index in [1.165, 1.54) is 55.8 Å². The van der Waals surface area contributed by atoms with Crippen molar-refractivity contribution in [2.45, 2.75) is 51.4 Å². The Bertz CT molecular complexity index is 948. The maximum Gasteiger partial charge on any atom is 0.338 e. The molecule has 0 aromatic heterocycles. The summed E-state index contributed by atoms with van der Waals surface area (Å²) in [6.07, 6.45) is 9.88. The van der Waals surface area contributed by atoms with Crippen LogP contribution in [0, 0.1) is 0 Å². The van der Waals surface area contributed by atoms with Gasteiger partial charge in [-0.1, -0.05) is 68.9 Å². The minimum absolute atomic E-state index is 0.217. The molecule has 0 aliphatic carbocycles. The van der Waals surface area contributed by atoms with Crippen molar-refractivity contribution >= 4 is 27.5 Å². The Morgan fingerprint density at radius 1 is 0.700 bits per heavy atom. The summed E-state index contributed by atoms with van der Waals surface area (Å²) in [6, 6.07) is 18.4. The first-order valence-electron chi connectivity index (χ1n) is 11.4. The molecule has 0 unspecified atom stereocenters. The molecular formula is C27H35NO2. The van der Waals surface area contributed by atoms with Crippen molar-refractivity contribution in [1.29, 1.82) is 0 Å². The molecule has 3 rings (SSSR count). The number of hydrogen-bond donors (Lipinski definition) is 0. The number of nitrogens with zero attached hydrogens (tertiary/aromatic N) is 1. The van der Waals surface area contributed by atoms with Crippen LogP contribution in [0.4, 0.5) is 0 Å². The van der Waals surface area contributed by atoms with Crippen LogP contribution in [0.5, 0.6) is 0 Å². The Hall–Kier alpha value is -2.39. The van der Waals surface area contributed by atoms with Crippen LogP contribution in [0.15, 0.2) is 54.6 Å². The number of unbranched alkanes of at least 4 members (excludes halogenated alkanes) is 7. The number of hydrogen-bond acceptors (Lipinski definition) is 3. The number of esters is 1. The predicted molar refractivity (Wildman–Crippen MR) is 127 cm³/mol. The van der Waals surface area contributed by atoms with Gasteiger partial charge in [0.25, 0.3) is 0 Å². The van der Waals surface area contributed by atoms with E-state index in [1.807, 2.05) is 30.3 Å². The van der Waals surface area contributed by atoms with E-state index in [0.29, 0.717) is 12.2 Å². The minimum Gasteiger partial charge on any atom is -0.462 e. The van der Waals surface area contributed by atoms with Gasteiger partial charge in [0.1, 0.15) is 0 Å². The van der Waals surface area contributed by atoms with Crippen molar-refractivity contribution in [3.05, 3.63) is 60.2 Å². The van der Waals surface area contributed by atoms with Crippen LogP contribution in [0.3, 0.4) is 0 Å². The molecule has 0 aliphatic rings. The molecule has 30 heavy (non-hydrogen) atoms. The zero-order valence-electron chi connectivity index (χ0n) is 18.5. The quantitative estimate of drug-likeness (QED) is 0.188. The summed E-state index contributed by atoms with van der Waals surface area (Å²) in [4.78, 5) is 14.7. The highest BCUT2D eigenvalue weighted by Gasteiger charge is 2.08. The average Bonchev–Trinajstić information content (AvgIpc) is 2.75. The molecule has 160 valence electrons. The van der Waals surface area contributed by atoms with Crippen LogP contribution < -0.4 is 0 Å². The molecule has 0 atom stereocenters. The monoisotopic (exact) mass is 405 g/mol. The fraction of sp³-hybridized carbons (Fsp3) is 0.444. The van der Waals surface area contributed by atoms with Crippen LogP contribution in [0.1, 0.15) is 61.7 Å². The van der Waals surface area contributed by atoms with E-state index in [4.69, 9.17) is 4.74 Å². The van der Waals surface area contributed by atoms with E-state index in [-0.39, 0.29) is 5.97 Å². The first-order valence-corrected chi connectivity index (χ1v) is 11.4. The van der Waals surface area contributed by atoms with Crippen LogP contribution >= 0.6 is 0 Å². The number of ether oxygens (including phenoxy) is 1. The highest BCUT2D eigenvalue weighted by molar-refractivity contribution is 6.01. The third kappa shape index (κ3) is 6.84. The Kier molecular flexibility index (Phi) is 8.70. The summed E-state index contributed by atoms with van der Waals surface area (Å²) in [5, 5.41) is 4.63. The molecule has 0 saturated heterocycles. The molecule has 3 heteroatoms. The van der Waals surface area contributed by atoms with E-state index < -0.39 is 0 Å². The van der Waals surface area contributed by atoms with Crippen LogP contribution in [-0.4, -0.2) is 38.1 Å². The fourth-order valence-electron chi connectivity index (χ4n) is 3.91. The zero-order chi connectivity index (χ0) is 21.2. The molecule has 0 spiro atoms. The lowest BCUT2D eigenvalue weighted by Crippen LogP contribution is -2.12. The number of carbonyl (C=O) groups excluding carboxylic acids is 1. The van der Waals surface area contributed by atoms with Gasteiger partial charge in [-0.2, -0.15) is 0 Å². The smallest absolute Gasteiger partial charge is 0.338 e. The van der Waals surface area contributed by atoms with E-state index in [1.54, 1.807) is 0 Å². The number of carbonyl (C=O) groups is 1. The van der Waals surface area contributed by atoms with Crippen LogP contribution in [0.25, 0.3) is 21.5 Å². The van der Waals surface area contributed by atoms with Crippen molar-refractivity contribution in [2.75, 3.05) is 27.2 Å². The molecular weight excluding hydrogens is 370 g/mol. The average molecular weight is 406 g/mol. The van der Waals surface area contributed by atoms with Crippen LogP contribution in [0.2, 0.25) is 0 Å². The number of rotatable bonds is 12. The second kappa shape index (κ2) is 11.7. The molecule has 0 N–H and O–H groups in total. The Labute approximate surface area is 181 Å². The lowest BCUT2D eigenvalue weighted by atomic mass is 10.0. The molecule has 0 amide bonds. The molecule has 0 saturated carbocycles. The van der Waals surface area contributed by atoms with E-state index in [0.717, 1.165) is 23.6 Å². The van der Waals surface area contributed by atoms with Gasteiger partial charge in [0.15, 0.2) is 0 Å². The summed E-state index contributed by atoms with van der Waals surface area (Å²) in [5.41, 5.74) is 0.635. The van der Waals surface area contributed by atoms with Crippen molar-refractivity contribution in [2.24, 2.45) is 0 Å². The highest BCUT2D eigenvalue weighted by Crippen LogP contribution is 2.24. The first-order chi connectivity index (χ1) is 14.6. The third-order valence-electron chi connectivity index (χ3n) is 5.67. The van der Waals surface area contributed by atoms with Crippen molar-refractivity contribution in [3.63, 3.8) is 0 Å². The molecule has 0 heterocycles. The predicted octanol–water partition coefficient (Wildman–Crippen LogP) is 6.83. The molecule has 3 nitrogen and oxygen atoms in total. The van der Waals surface area contributed by atoms with Gasteiger partial charge in [0, 0.05) is 0 Å². The highest BCUT2D eigenvalue weighted by atomic mass is 16.5. The van der Waals surface area contributed by atoms with Gasteiger partial charge < -0.3 is 9.64 Å².